The van der Waals surface area contributed by atoms with Gasteiger partial charge >= 0.3 is 0 Å². The Bertz CT molecular complexity index is 1270. The van der Waals surface area contributed by atoms with Crippen molar-refractivity contribution < 1.29 is 14.3 Å². The Balaban J connectivity index is 1.94. The molecule has 30 heavy (non-hydrogen) atoms. The third-order valence-corrected chi connectivity index (χ3v) is 6.28. The van der Waals surface area contributed by atoms with Gasteiger partial charge in [0, 0.05) is 17.0 Å². The number of rotatable bonds is 4. The maximum Gasteiger partial charge on any atom is 0.271 e. The molecule has 1 fully saturated rings. The van der Waals surface area contributed by atoms with E-state index in [0.29, 0.717) is 11.1 Å². The number of hydrogen-bond donors (Lipinski definition) is 1. The van der Waals surface area contributed by atoms with Crippen molar-refractivity contribution in [1.82, 2.24) is 4.57 Å². The van der Waals surface area contributed by atoms with Gasteiger partial charge in [-0.3, -0.25) is 14.2 Å². The standard InChI is InChI=1S/C24H24N2O4/c1-4-15-9-10-19-17(11-15)14(3)22(30-19)21(27)20-13(2)18(12-25)23(28)26(24(20)29)16-7-5-6-8-16/h9-11,16,29H,4-8H2,1-3H3. The van der Waals surface area contributed by atoms with Gasteiger partial charge in [-0.25, -0.2) is 0 Å². The second kappa shape index (κ2) is 7.49. The molecule has 1 aromatic carbocycles. The minimum Gasteiger partial charge on any atom is -0.494 e. The summed E-state index contributed by atoms with van der Waals surface area (Å²) >= 11 is 0. The van der Waals surface area contributed by atoms with Crippen LogP contribution in [0.15, 0.2) is 27.4 Å². The molecule has 2 heterocycles. The molecular formula is C24H24N2O4. The zero-order valence-corrected chi connectivity index (χ0v) is 17.4. The predicted octanol–water partition coefficient (Wildman–Crippen LogP) is 4.70. The maximum absolute atomic E-state index is 13.5. The number of aromatic hydroxyl groups is 1. The van der Waals surface area contributed by atoms with E-state index < -0.39 is 11.3 Å². The Labute approximate surface area is 174 Å². The molecule has 1 aliphatic carbocycles. The van der Waals surface area contributed by atoms with E-state index in [9.17, 15) is 20.0 Å². The van der Waals surface area contributed by atoms with Gasteiger partial charge in [0.25, 0.3) is 5.56 Å². The molecule has 6 heteroatoms. The van der Waals surface area contributed by atoms with E-state index >= 15 is 0 Å². The van der Waals surface area contributed by atoms with Crippen LogP contribution in [-0.2, 0) is 6.42 Å². The van der Waals surface area contributed by atoms with Crippen molar-refractivity contribution in [3.8, 4) is 11.9 Å². The SMILES string of the molecule is CCc1ccc2oc(C(=O)c3c(C)c(C#N)c(=O)n(C4CCCC4)c3O)c(C)c2c1. The number of fused-ring (bicyclic) bond motifs is 1. The number of pyridine rings is 1. The maximum atomic E-state index is 13.5. The number of carbonyl (C=O) groups excluding carboxylic acids is 1. The van der Waals surface area contributed by atoms with Crippen molar-refractivity contribution in [3.63, 3.8) is 0 Å². The van der Waals surface area contributed by atoms with E-state index in [-0.39, 0.29) is 34.4 Å². The van der Waals surface area contributed by atoms with Crippen molar-refractivity contribution >= 4 is 16.8 Å². The number of nitrogens with zero attached hydrogens (tertiary/aromatic N) is 2. The highest BCUT2D eigenvalue weighted by Crippen LogP contribution is 2.36. The monoisotopic (exact) mass is 404 g/mol. The summed E-state index contributed by atoms with van der Waals surface area (Å²) in [4.78, 5) is 26.4. The molecule has 0 atom stereocenters. The summed E-state index contributed by atoms with van der Waals surface area (Å²) in [6, 6.07) is 7.51. The minimum absolute atomic E-state index is 0.0316. The number of benzene rings is 1. The first-order valence-corrected chi connectivity index (χ1v) is 10.3. The highest BCUT2D eigenvalue weighted by molar-refractivity contribution is 6.12. The molecule has 1 aliphatic rings. The van der Waals surface area contributed by atoms with E-state index in [2.05, 4.69) is 6.92 Å². The number of carbonyl (C=O) groups is 1. The van der Waals surface area contributed by atoms with Crippen LogP contribution in [0.25, 0.3) is 11.0 Å². The van der Waals surface area contributed by atoms with Gasteiger partial charge in [-0.05, 0) is 56.4 Å². The van der Waals surface area contributed by atoms with Gasteiger partial charge in [0.1, 0.15) is 17.2 Å². The molecule has 0 radical (unpaired) electrons. The van der Waals surface area contributed by atoms with Gasteiger partial charge in [0.05, 0.1) is 5.56 Å². The number of nitriles is 1. The van der Waals surface area contributed by atoms with Gasteiger partial charge in [0.15, 0.2) is 5.76 Å². The molecular weight excluding hydrogens is 380 g/mol. The average Bonchev–Trinajstić information content (AvgIpc) is 3.36. The van der Waals surface area contributed by atoms with Crippen LogP contribution < -0.4 is 5.56 Å². The lowest BCUT2D eigenvalue weighted by molar-refractivity contribution is 0.100. The van der Waals surface area contributed by atoms with Gasteiger partial charge in [-0.1, -0.05) is 25.8 Å². The highest BCUT2D eigenvalue weighted by Gasteiger charge is 2.31. The molecule has 154 valence electrons. The summed E-state index contributed by atoms with van der Waals surface area (Å²) < 4.78 is 7.10. The molecule has 3 aromatic rings. The summed E-state index contributed by atoms with van der Waals surface area (Å²) in [6.07, 6.45) is 4.22. The van der Waals surface area contributed by atoms with E-state index in [1.54, 1.807) is 0 Å². The molecule has 0 aliphatic heterocycles. The van der Waals surface area contributed by atoms with Crippen LogP contribution in [0.5, 0.6) is 5.88 Å². The molecule has 1 N–H and O–H groups in total. The zero-order chi connectivity index (χ0) is 21.6. The van der Waals surface area contributed by atoms with Crippen molar-refractivity contribution in [3.05, 3.63) is 62.1 Å². The molecule has 0 unspecified atom stereocenters. The molecule has 0 spiro atoms. The molecule has 0 bridgehead atoms. The number of aromatic nitrogens is 1. The molecule has 4 rings (SSSR count). The molecule has 2 aromatic heterocycles. The first-order chi connectivity index (χ1) is 14.4. The Kier molecular flexibility index (Phi) is 4.98. The second-order valence-electron chi connectivity index (χ2n) is 7.99. The Morgan fingerprint density at radius 3 is 2.60 bits per heavy atom. The predicted molar refractivity (Wildman–Crippen MR) is 113 cm³/mol. The largest absolute Gasteiger partial charge is 0.494 e. The Hall–Kier alpha value is -3.33. The molecule has 0 amide bonds. The van der Waals surface area contributed by atoms with Crippen molar-refractivity contribution in [2.75, 3.05) is 0 Å². The smallest absolute Gasteiger partial charge is 0.271 e. The van der Waals surface area contributed by atoms with Gasteiger partial charge in [0.2, 0.25) is 11.7 Å². The summed E-state index contributed by atoms with van der Waals surface area (Å²) in [6.45, 7) is 5.39. The lowest BCUT2D eigenvalue weighted by atomic mass is 9.97. The van der Waals surface area contributed by atoms with Gasteiger partial charge in [-0.2, -0.15) is 5.26 Å². The fourth-order valence-corrected chi connectivity index (χ4v) is 4.51. The van der Waals surface area contributed by atoms with Crippen LogP contribution >= 0.6 is 0 Å². The fraction of sp³-hybridized carbons (Fsp3) is 0.375. The highest BCUT2D eigenvalue weighted by atomic mass is 16.3. The summed E-state index contributed by atoms with van der Waals surface area (Å²) in [7, 11) is 0. The molecule has 1 saturated carbocycles. The van der Waals surface area contributed by atoms with Crippen LogP contribution in [0.1, 0.15) is 77.0 Å². The number of aryl methyl sites for hydroxylation is 2. The van der Waals surface area contributed by atoms with Crippen molar-refractivity contribution in [2.45, 2.75) is 58.9 Å². The normalized spacial score (nSPS) is 14.3. The first-order valence-electron chi connectivity index (χ1n) is 10.3. The third kappa shape index (κ3) is 2.93. The van der Waals surface area contributed by atoms with E-state index in [1.807, 2.05) is 31.2 Å². The zero-order valence-electron chi connectivity index (χ0n) is 17.4. The van der Waals surface area contributed by atoms with Crippen LogP contribution in [0.4, 0.5) is 0 Å². The van der Waals surface area contributed by atoms with Crippen LogP contribution in [0.3, 0.4) is 0 Å². The van der Waals surface area contributed by atoms with Crippen LogP contribution in [0, 0.1) is 25.2 Å². The number of furan rings is 1. The second-order valence-corrected chi connectivity index (χ2v) is 7.99. The third-order valence-electron chi connectivity index (χ3n) is 6.28. The van der Waals surface area contributed by atoms with Crippen molar-refractivity contribution in [1.29, 1.82) is 5.26 Å². The van der Waals surface area contributed by atoms with Gasteiger partial charge < -0.3 is 9.52 Å². The first kappa shape index (κ1) is 20.0. The summed E-state index contributed by atoms with van der Waals surface area (Å²) in [5.74, 6) is -0.764. The van der Waals surface area contributed by atoms with E-state index in [0.717, 1.165) is 43.1 Å². The minimum atomic E-state index is -0.537. The van der Waals surface area contributed by atoms with Crippen molar-refractivity contribution in [2.24, 2.45) is 0 Å². The average molecular weight is 404 g/mol. The number of hydrogen-bond acceptors (Lipinski definition) is 5. The molecule has 6 nitrogen and oxygen atoms in total. The lowest BCUT2D eigenvalue weighted by Crippen LogP contribution is -2.29. The van der Waals surface area contributed by atoms with Gasteiger partial charge in [-0.15, -0.1) is 0 Å². The summed E-state index contributed by atoms with van der Waals surface area (Å²) in [5.41, 5.74) is 1.92. The van der Waals surface area contributed by atoms with Crippen LogP contribution in [0.2, 0.25) is 0 Å². The molecule has 0 saturated heterocycles. The Morgan fingerprint density at radius 2 is 1.97 bits per heavy atom. The summed E-state index contributed by atoms with van der Waals surface area (Å²) in [5, 5.41) is 21.4. The quantitative estimate of drug-likeness (QED) is 0.636. The Morgan fingerprint density at radius 1 is 1.27 bits per heavy atom. The van der Waals surface area contributed by atoms with Crippen LogP contribution in [-0.4, -0.2) is 15.5 Å². The van der Waals surface area contributed by atoms with E-state index in [4.69, 9.17) is 4.42 Å². The van der Waals surface area contributed by atoms with E-state index in [1.165, 1.54) is 11.5 Å². The fourth-order valence-electron chi connectivity index (χ4n) is 4.51. The topological polar surface area (TPSA) is 96.2 Å². The number of ketones is 1. The lowest BCUT2D eigenvalue weighted by Gasteiger charge is -2.19.